The van der Waals surface area contributed by atoms with E-state index in [2.05, 4.69) is 15.4 Å². The van der Waals surface area contributed by atoms with Crippen molar-refractivity contribution in [3.05, 3.63) is 76.8 Å². The number of hydrogen-bond acceptors (Lipinski definition) is 5. The number of ether oxygens (including phenoxy) is 1. The summed E-state index contributed by atoms with van der Waals surface area (Å²) >= 11 is 1.35. The first kappa shape index (κ1) is 19.7. The minimum atomic E-state index is -1.09. The van der Waals surface area contributed by atoms with E-state index in [0.717, 1.165) is 29.1 Å². The van der Waals surface area contributed by atoms with E-state index >= 15 is 0 Å². The number of aromatic nitrogens is 3. The number of aryl methyl sites for hydroxylation is 1. The maximum atomic E-state index is 13.5. The van der Waals surface area contributed by atoms with Crippen molar-refractivity contribution in [2.24, 2.45) is 0 Å². The van der Waals surface area contributed by atoms with Crippen molar-refractivity contribution in [2.45, 2.75) is 6.92 Å². The van der Waals surface area contributed by atoms with Gasteiger partial charge in [-0.3, -0.25) is 4.79 Å². The number of amides is 1. The van der Waals surface area contributed by atoms with Gasteiger partial charge in [0.05, 0.1) is 18.5 Å². The zero-order valence-electron chi connectivity index (χ0n) is 16.0. The van der Waals surface area contributed by atoms with E-state index in [4.69, 9.17) is 4.74 Å². The van der Waals surface area contributed by atoms with E-state index in [1.54, 1.807) is 20.1 Å². The minimum Gasteiger partial charge on any atom is -0.497 e. The normalized spacial score (nSPS) is 10.8. The van der Waals surface area contributed by atoms with E-state index in [-0.39, 0.29) is 5.56 Å². The molecular weight excluding hydrogens is 410 g/mol. The maximum absolute atomic E-state index is 13.5. The van der Waals surface area contributed by atoms with Crippen LogP contribution < -0.4 is 10.1 Å². The van der Waals surface area contributed by atoms with Crippen molar-refractivity contribution in [2.75, 3.05) is 12.4 Å². The largest absolute Gasteiger partial charge is 0.497 e. The molecule has 0 spiro atoms. The van der Waals surface area contributed by atoms with E-state index < -0.39 is 17.5 Å². The Hall–Kier alpha value is -3.59. The van der Waals surface area contributed by atoms with Crippen molar-refractivity contribution >= 4 is 23.1 Å². The summed E-state index contributed by atoms with van der Waals surface area (Å²) < 4.78 is 33.3. The number of carbonyl (C=O) groups is 1. The van der Waals surface area contributed by atoms with Crippen LogP contribution in [0.5, 0.6) is 5.75 Å². The fourth-order valence-corrected chi connectivity index (χ4v) is 3.63. The lowest BCUT2D eigenvalue weighted by atomic mass is 10.2. The zero-order valence-corrected chi connectivity index (χ0v) is 16.8. The van der Waals surface area contributed by atoms with Gasteiger partial charge in [-0.1, -0.05) is 12.1 Å². The number of methoxy groups -OCH3 is 1. The number of hydrogen-bond donors (Lipinski definition) is 1. The monoisotopic (exact) mass is 426 g/mol. The number of carbonyl (C=O) groups excluding carboxylic acids is 1. The second-order valence-electron chi connectivity index (χ2n) is 6.41. The van der Waals surface area contributed by atoms with Gasteiger partial charge in [-0.15, -0.1) is 11.3 Å². The topological polar surface area (TPSA) is 69.0 Å². The van der Waals surface area contributed by atoms with Crippen LogP contribution in [0.1, 0.15) is 16.1 Å². The van der Waals surface area contributed by atoms with Crippen molar-refractivity contribution in [3.8, 4) is 22.1 Å². The molecule has 2 aromatic heterocycles. The Morgan fingerprint density at radius 1 is 1.13 bits per heavy atom. The number of anilines is 1. The summed E-state index contributed by atoms with van der Waals surface area (Å²) in [5.41, 5.74) is 2.28. The number of thiazole rings is 1. The number of benzene rings is 2. The number of rotatable bonds is 5. The fraction of sp³-hybridized carbons (Fsp3) is 0.0952. The average Bonchev–Trinajstić information content (AvgIpc) is 3.36. The molecular formula is C21H16F2N4O2S. The molecule has 2 heterocycles. The SMILES string of the molecule is COc1cccc(-c2csc(-n3nc(C)cc3NC(=O)c3ccc(F)c(F)c3)n2)c1. The van der Waals surface area contributed by atoms with E-state index in [9.17, 15) is 13.6 Å². The molecule has 6 nitrogen and oxygen atoms in total. The highest BCUT2D eigenvalue weighted by Crippen LogP contribution is 2.28. The number of nitrogens with zero attached hydrogens (tertiary/aromatic N) is 3. The van der Waals surface area contributed by atoms with Gasteiger partial charge in [-0.25, -0.2) is 13.8 Å². The summed E-state index contributed by atoms with van der Waals surface area (Å²) in [5.74, 6) is -1.60. The van der Waals surface area contributed by atoms with Crippen LogP contribution in [-0.2, 0) is 0 Å². The molecule has 0 bridgehead atoms. The van der Waals surface area contributed by atoms with Crippen molar-refractivity contribution in [1.82, 2.24) is 14.8 Å². The van der Waals surface area contributed by atoms with Gasteiger partial charge in [0.1, 0.15) is 11.6 Å². The van der Waals surface area contributed by atoms with Crippen LogP contribution in [0.2, 0.25) is 0 Å². The molecule has 0 radical (unpaired) electrons. The third kappa shape index (κ3) is 3.92. The van der Waals surface area contributed by atoms with Gasteiger partial charge in [0.2, 0.25) is 5.13 Å². The van der Waals surface area contributed by atoms with Crippen LogP contribution >= 0.6 is 11.3 Å². The molecule has 152 valence electrons. The first-order valence-electron chi connectivity index (χ1n) is 8.88. The molecule has 4 rings (SSSR count). The number of nitrogens with one attached hydrogen (secondary N) is 1. The van der Waals surface area contributed by atoms with Gasteiger partial charge in [-0.2, -0.15) is 9.78 Å². The molecule has 0 aliphatic carbocycles. The van der Waals surface area contributed by atoms with Crippen molar-refractivity contribution < 1.29 is 18.3 Å². The Kier molecular flexibility index (Phi) is 5.28. The van der Waals surface area contributed by atoms with E-state index in [1.807, 2.05) is 29.6 Å². The standard InChI is InChI=1S/C21H16F2N4O2S/c1-12-8-19(25-20(28)14-6-7-16(22)17(23)10-14)27(26-12)21-24-18(11-30-21)13-4-3-5-15(9-13)29-2/h3-11H,1-2H3,(H,25,28). The molecule has 0 aliphatic rings. The highest BCUT2D eigenvalue weighted by atomic mass is 32.1. The van der Waals surface area contributed by atoms with Crippen molar-refractivity contribution in [1.29, 1.82) is 0 Å². The predicted molar refractivity (Wildman–Crippen MR) is 110 cm³/mol. The van der Waals surface area contributed by atoms with Gasteiger partial charge in [-0.05, 0) is 37.3 Å². The Morgan fingerprint density at radius 3 is 2.73 bits per heavy atom. The Balaban J connectivity index is 1.63. The summed E-state index contributed by atoms with van der Waals surface area (Å²) in [5, 5.41) is 9.49. The fourth-order valence-electron chi connectivity index (χ4n) is 2.84. The lowest BCUT2D eigenvalue weighted by molar-refractivity contribution is 0.102. The quantitative estimate of drug-likeness (QED) is 0.496. The summed E-state index contributed by atoms with van der Waals surface area (Å²) in [4.78, 5) is 17.1. The third-order valence-corrected chi connectivity index (χ3v) is 5.11. The lowest BCUT2D eigenvalue weighted by Crippen LogP contribution is -2.15. The van der Waals surface area contributed by atoms with Crippen LogP contribution in [0.25, 0.3) is 16.4 Å². The van der Waals surface area contributed by atoms with E-state index in [1.165, 1.54) is 22.1 Å². The number of halogens is 2. The minimum absolute atomic E-state index is 0.00416. The highest BCUT2D eigenvalue weighted by molar-refractivity contribution is 7.12. The van der Waals surface area contributed by atoms with Gasteiger partial charge < -0.3 is 10.1 Å². The molecule has 1 amide bonds. The lowest BCUT2D eigenvalue weighted by Gasteiger charge is -2.07. The molecule has 0 saturated carbocycles. The Labute approximate surface area is 174 Å². The van der Waals surface area contributed by atoms with Crippen molar-refractivity contribution in [3.63, 3.8) is 0 Å². The third-order valence-electron chi connectivity index (χ3n) is 4.29. The van der Waals surface area contributed by atoms with Crippen LogP contribution in [0, 0.1) is 18.6 Å². The second-order valence-corrected chi connectivity index (χ2v) is 7.25. The Bertz CT molecular complexity index is 1240. The molecule has 0 unspecified atom stereocenters. The molecule has 1 N–H and O–H groups in total. The van der Waals surface area contributed by atoms with Crippen LogP contribution in [0.15, 0.2) is 53.9 Å². The first-order chi connectivity index (χ1) is 14.4. The maximum Gasteiger partial charge on any atom is 0.256 e. The molecule has 0 fully saturated rings. The van der Waals surface area contributed by atoms with Gasteiger partial charge in [0.25, 0.3) is 5.91 Å². The summed E-state index contributed by atoms with van der Waals surface area (Å²) in [6.45, 7) is 1.78. The van der Waals surface area contributed by atoms with Gasteiger partial charge in [0.15, 0.2) is 11.6 Å². The van der Waals surface area contributed by atoms with Gasteiger partial charge >= 0.3 is 0 Å². The molecule has 0 aliphatic heterocycles. The van der Waals surface area contributed by atoms with Crippen LogP contribution in [0.4, 0.5) is 14.6 Å². The molecule has 4 aromatic rings. The van der Waals surface area contributed by atoms with E-state index in [0.29, 0.717) is 16.6 Å². The first-order valence-corrected chi connectivity index (χ1v) is 9.76. The summed E-state index contributed by atoms with van der Waals surface area (Å²) in [6, 6.07) is 12.2. The molecule has 0 saturated heterocycles. The molecule has 2 aromatic carbocycles. The Morgan fingerprint density at radius 2 is 1.97 bits per heavy atom. The molecule has 9 heteroatoms. The van der Waals surface area contributed by atoms with Gasteiger partial charge in [0, 0.05) is 22.6 Å². The highest BCUT2D eigenvalue weighted by Gasteiger charge is 2.16. The average molecular weight is 426 g/mol. The summed E-state index contributed by atoms with van der Waals surface area (Å²) in [7, 11) is 1.60. The molecule has 0 atom stereocenters. The predicted octanol–water partition coefficient (Wildman–Crippen LogP) is 4.84. The molecule has 30 heavy (non-hydrogen) atoms. The smallest absolute Gasteiger partial charge is 0.256 e. The zero-order chi connectivity index (χ0) is 21.3. The van der Waals surface area contributed by atoms with Crippen LogP contribution in [0.3, 0.4) is 0 Å². The second kappa shape index (κ2) is 8.03. The summed E-state index contributed by atoms with van der Waals surface area (Å²) in [6.07, 6.45) is 0. The van der Waals surface area contributed by atoms with Crippen LogP contribution in [-0.4, -0.2) is 27.8 Å².